The molecule has 148 valence electrons. The van der Waals surface area contributed by atoms with Crippen molar-refractivity contribution in [3.05, 3.63) is 57.8 Å². The zero-order valence-corrected chi connectivity index (χ0v) is 15.3. The van der Waals surface area contributed by atoms with Crippen molar-refractivity contribution in [3.63, 3.8) is 0 Å². The van der Waals surface area contributed by atoms with Crippen molar-refractivity contribution in [1.29, 1.82) is 0 Å². The molecule has 1 unspecified atom stereocenters. The number of piperidine rings is 1. The van der Waals surface area contributed by atoms with E-state index in [4.69, 9.17) is 5.73 Å². The number of aromatic nitrogens is 2. The summed E-state index contributed by atoms with van der Waals surface area (Å²) in [6.45, 7) is 1.57. The number of carbonyl (C=O) groups is 2. The Morgan fingerprint density at radius 2 is 2.07 bits per heavy atom. The number of hydrogen-bond acceptors (Lipinski definition) is 5. The van der Waals surface area contributed by atoms with Crippen molar-refractivity contribution in [2.45, 2.75) is 19.3 Å². The van der Waals surface area contributed by atoms with Crippen LogP contribution in [0.4, 0.5) is 10.3 Å². The van der Waals surface area contributed by atoms with Gasteiger partial charge in [0.25, 0.3) is 11.5 Å². The van der Waals surface area contributed by atoms with Gasteiger partial charge in [0.05, 0.1) is 12.1 Å². The van der Waals surface area contributed by atoms with Crippen molar-refractivity contribution in [2.24, 2.45) is 5.92 Å². The normalized spacial score (nSPS) is 16.6. The molecular formula is C19H22FN5O3. The Kier molecular flexibility index (Phi) is 6.03. The Bertz CT molecular complexity index is 913. The minimum Gasteiger partial charge on any atom is -0.369 e. The number of amides is 2. The first-order chi connectivity index (χ1) is 13.4. The van der Waals surface area contributed by atoms with Gasteiger partial charge >= 0.3 is 0 Å². The highest BCUT2D eigenvalue weighted by atomic mass is 19.1. The van der Waals surface area contributed by atoms with Crippen LogP contribution in [0, 0.1) is 11.7 Å². The molecule has 1 aromatic carbocycles. The van der Waals surface area contributed by atoms with E-state index in [2.05, 4.69) is 15.3 Å². The van der Waals surface area contributed by atoms with E-state index < -0.39 is 11.4 Å². The minimum absolute atomic E-state index is 0.00276. The summed E-state index contributed by atoms with van der Waals surface area (Å²) < 4.78 is 12.9. The molecule has 4 N–H and O–H groups in total. The van der Waals surface area contributed by atoms with E-state index in [0.29, 0.717) is 30.9 Å². The van der Waals surface area contributed by atoms with Crippen LogP contribution in [0.2, 0.25) is 0 Å². The number of nitrogens with zero attached hydrogens (tertiary/aromatic N) is 2. The van der Waals surface area contributed by atoms with Crippen molar-refractivity contribution >= 4 is 17.8 Å². The average Bonchev–Trinajstić information content (AvgIpc) is 2.66. The van der Waals surface area contributed by atoms with E-state index in [-0.39, 0.29) is 30.1 Å². The largest absolute Gasteiger partial charge is 0.369 e. The number of likely N-dealkylation sites (tertiary alicyclic amines) is 1. The van der Waals surface area contributed by atoms with Gasteiger partial charge in [-0.3, -0.25) is 19.4 Å². The Labute approximate surface area is 161 Å². The molecule has 1 atom stereocenters. The van der Waals surface area contributed by atoms with Crippen LogP contribution in [0.15, 0.2) is 35.1 Å². The van der Waals surface area contributed by atoms with Crippen LogP contribution in [0.1, 0.15) is 28.9 Å². The number of H-pyrrole nitrogens is 1. The summed E-state index contributed by atoms with van der Waals surface area (Å²) in [6, 6.07) is 6.61. The first-order valence-electron chi connectivity index (χ1n) is 9.08. The highest BCUT2D eigenvalue weighted by Gasteiger charge is 2.24. The third-order valence-electron chi connectivity index (χ3n) is 4.67. The van der Waals surface area contributed by atoms with Gasteiger partial charge in [0.15, 0.2) is 0 Å². The summed E-state index contributed by atoms with van der Waals surface area (Å²) in [5.41, 5.74) is 5.84. The molecule has 1 aliphatic rings. The number of anilines is 1. The van der Waals surface area contributed by atoms with Crippen molar-refractivity contribution in [2.75, 3.05) is 25.4 Å². The molecule has 2 amide bonds. The number of nitrogens with two attached hydrogens (primary N) is 1. The van der Waals surface area contributed by atoms with Gasteiger partial charge in [-0.1, -0.05) is 0 Å². The topological polar surface area (TPSA) is 121 Å². The van der Waals surface area contributed by atoms with E-state index in [9.17, 15) is 18.8 Å². The van der Waals surface area contributed by atoms with E-state index >= 15 is 0 Å². The van der Waals surface area contributed by atoms with Gasteiger partial charge in [0.1, 0.15) is 5.82 Å². The highest BCUT2D eigenvalue weighted by Crippen LogP contribution is 2.17. The Morgan fingerprint density at radius 1 is 1.32 bits per heavy atom. The maximum Gasteiger partial charge on any atom is 0.252 e. The monoisotopic (exact) mass is 387 g/mol. The first-order valence-corrected chi connectivity index (χ1v) is 9.08. The zero-order valence-electron chi connectivity index (χ0n) is 15.3. The van der Waals surface area contributed by atoms with Crippen LogP contribution in [-0.2, 0) is 11.2 Å². The number of hydrogen-bond donors (Lipinski definition) is 3. The molecule has 9 heteroatoms. The van der Waals surface area contributed by atoms with Crippen molar-refractivity contribution in [3.8, 4) is 0 Å². The van der Waals surface area contributed by atoms with Gasteiger partial charge in [0.2, 0.25) is 11.9 Å². The van der Waals surface area contributed by atoms with Crippen LogP contribution >= 0.6 is 0 Å². The molecule has 2 aromatic rings. The van der Waals surface area contributed by atoms with Crippen molar-refractivity contribution in [1.82, 2.24) is 20.2 Å². The molecule has 1 saturated heterocycles. The summed E-state index contributed by atoms with van der Waals surface area (Å²) in [5.74, 6) is -0.692. The van der Waals surface area contributed by atoms with Crippen LogP contribution in [-0.4, -0.2) is 46.3 Å². The molecule has 1 fully saturated rings. The fourth-order valence-corrected chi connectivity index (χ4v) is 3.28. The van der Waals surface area contributed by atoms with Gasteiger partial charge in [-0.2, -0.15) is 0 Å². The van der Waals surface area contributed by atoms with Gasteiger partial charge in [-0.05, 0) is 43.0 Å². The molecule has 8 nitrogen and oxygen atoms in total. The van der Waals surface area contributed by atoms with E-state index in [1.807, 2.05) is 0 Å². The lowest BCUT2D eigenvalue weighted by Crippen LogP contribution is -2.44. The molecule has 2 heterocycles. The smallest absolute Gasteiger partial charge is 0.252 e. The SMILES string of the molecule is Nc1nc(CC(=O)N2CCCC(CNC(=O)c3ccc(F)cc3)C2)cc(=O)[nH]1. The van der Waals surface area contributed by atoms with E-state index in [1.165, 1.54) is 30.3 Å². The van der Waals surface area contributed by atoms with Gasteiger partial charge < -0.3 is 16.0 Å². The number of benzene rings is 1. The third kappa shape index (κ3) is 5.15. The fraction of sp³-hybridized carbons (Fsp3) is 0.368. The van der Waals surface area contributed by atoms with Gasteiger partial charge in [-0.25, -0.2) is 9.37 Å². The second-order valence-corrected chi connectivity index (χ2v) is 6.86. The molecule has 0 spiro atoms. The predicted octanol–water partition coefficient (Wildman–Crippen LogP) is 0.702. The average molecular weight is 387 g/mol. The number of rotatable bonds is 5. The molecule has 28 heavy (non-hydrogen) atoms. The van der Waals surface area contributed by atoms with Crippen LogP contribution in [0.3, 0.4) is 0 Å². The van der Waals surface area contributed by atoms with Crippen LogP contribution in [0.5, 0.6) is 0 Å². The number of carbonyl (C=O) groups excluding carboxylic acids is 2. The lowest BCUT2D eigenvalue weighted by atomic mass is 9.97. The molecule has 3 rings (SSSR count). The maximum atomic E-state index is 12.9. The maximum absolute atomic E-state index is 12.9. The van der Waals surface area contributed by atoms with E-state index in [1.54, 1.807) is 4.90 Å². The second kappa shape index (κ2) is 8.64. The van der Waals surface area contributed by atoms with Crippen LogP contribution < -0.4 is 16.6 Å². The summed E-state index contributed by atoms with van der Waals surface area (Å²) in [6.07, 6.45) is 1.72. The quantitative estimate of drug-likeness (QED) is 0.697. The molecule has 0 radical (unpaired) electrons. The summed E-state index contributed by atoms with van der Waals surface area (Å²) >= 11 is 0. The Balaban J connectivity index is 1.53. The molecular weight excluding hydrogens is 365 g/mol. The van der Waals surface area contributed by atoms with E-state index in [0.717, 1.165) is 12.8 Å². The number of halogens is 1. The number of nitrogens with one attached hydrogen (secondary N) is 2. The number of aromatic amines is 1. The fourth-order valence-electron chi connectivity index (χ4n) is 3.28. The highest BCUT2D eigenvalue weighted by molar-refractivity contribution is 5.94. The predicted molar refractivity (Wildman–Crippen MR) is 101 cm³/mol. The minimum atomic E-state index is -0.394. The van der Waals surface area contributed by atoms with Crippen molar-refractivity contribution < 1.29 is 14.0 Å². The molecule has 1 aromatic heterocycles. The third-order valence-corrected chi connectivity index (χ3v) is 4.67. The summed E-state index contributed by atoms with van der Waals surface area (Å²) in [4.78, 5) is 44.2. The lowest BCUT2D eigenvalue weighted by Gasteiger charge is -2.33. The van der Waals surface area contributed by atoms with Gasteiger partial charge in [-0.15, -0.1) is 0 Å². The number of nitrogen functional groups attached to an aromatic ring is 1. The lowest BCUT2D eigenvalue weighted by molar-refractivity contribution is -0.132. The molecule has 0 bridgehead atoms. The molecule has 0 aliphatic carbocycles. The standard InChI is InChI=1S/C19H22FN5O3/c20-14-5-3-13(4-6-14)18(28)22-10-12-2-1-7-25(11-12)17(27)9-15-8-16(26)24-19(21)23-15/h3-6,8,12H,1-2,7,9-11H2,(H,22,28)(H3,21,23,24,26). The zero-order chi connectivity index (χ0) is 20.1. The molecule has 1 aliphatic heterocycles. The second-order valence-electron chi connectivity index (χ2n) is 6.86. The van der Waals surface area contributed by atoms with Crippen LogP contribution in [0.25, 0.3) is 0 Å². The first kappa shape index (κ1) is 19.5. The Hall–Kier alpha value is -3.23. The summed E-state index contributed by atoms with van der Waals surface area (Å²) in [7, 11) is 0. The Morgan fingerprint density at radius 3 is 2.79 bits per heavy atom. The van der Waals surface area contributed by atoms with Gasteiger partial charge in [0, 0.05) is 31.3 Å². The molecule has 0 saturated carbocycles. The summed E-state index contributed by atoms with van der Waals surface area (Å²) in [5, 5.41) is 2.84.